The first-order valence-electron chi connectivity index (χ1n) is 7.38. The van der Waals surface area contributed by atoms with Crippen LogP contribution >= 0.6 is 11.3 Å². The molecule has 1 N–H and O–H groups in total. The third kappa shape index (κ3) is 2.70. The number of anilines is 1. The lowest BCUT2D eigenvalue weighted by atomic mass is 10.0. The molecule has 4 nitrogen and oxygen atoms in total. The van der Waals surface area contributed by atoms with Gasteiger partial charge in [-0.1, -0.05) is 17.4 Å². The van der Waals surface area contributed by atoms with Crippen LogP contribution in [0, 0.1) is 12.8 Å². The lowest BCUT2D eigenvalue weighted by molar-refractivity contribution is -0.117. The summed E-state index contributed by atoms with van der Waals surface area (Å²) < 4.78 is 13.9. The number of benzene rings is 1. The predicted molar refractivity (Wildman–Crippen MR) is 89.2 cm³/mol. The fraction of sp³-hybridized carbons (Fsp3) is 0.235. The van der Waals surface area contributed by atoms with Gasteiger partial charge in [-0.05, 0) is 48.2 Å². The standard InChI is InChI=1S/C17H14FN3OS/c1-9-8-19-5-4-11(9)10-2-3-14-15(6-10)23-17(20-14)21-16(22)12-7-13(12)18/h2-6,8,12-13H,7H2,1H3,(H,20,21,22). The summed E-state index contributed by atoms with van der Waals surface area (Å²) in [5.41, 5.74) is 4.14. The zero-order chi connectivity index (χ0) is 16.0. The number of thiazole rings is 1. The van der Waals surface area contributed by atoms with Crippen LogP contribution < -0.4 is 5.32 Å². The maximum Gasteiger partial charge on any atom is 0.232 e. The Hall–Kier alpha value is -2.34. The first-order chi connectivity index (χ1) is 11.1. The molecule has 1 aliphatic carbocycles. The summed E-state index contributed by atoms with van der Waals surface area (Å²) >= 11 is 1.41. The number of aromatic nitrogens is 2. The minimum absolute atomic E-state index is 0.276. The number of pyridine rings is 1. The van der Waals surface area contributed by atoms with Crippen LogP contribution in [0.25, 0.3) is 21.3 Å². The van der Waals surface area contributed by atoms with E-state index >= 15 is 0 Å². The molecule has 23 heavy (non-hydrogen) atoms. The highest BCUT2D eigenvalue weighted by atomic mass is 32.1. The average Bonchev–Trinajstić information content (AvgIpc) is 3.13. The molecule has 0 radical (unpaired) electrons. The van der Waals surface area contributed by atoms with Gasteiger partial charge in [-0.15, -0.1) is 0 Å². The van der Waals surface area contributed by atoms with Gasteiger partial charge in [-0.2, -0.15) is 0 Å². The van der Waals surface area contributed by atoms with E-state index in [0.29, 0.717) is 11.6 Å². The molecule has 2 aromatic heterocycles. The Labute approximate surface area is 136 Å². The van der Waals surface area contributed by atoms with E-state index in [1.807, 2.05) is 31.3 Å². The van der Waals surface area contributed by atoms with Crippen molar-refractivity contribution >= 4 is 32.6 Å². The molecule has 2 atom stereocenters. The van der Waals surface area contributed by atoms with Crippen molar-refractivity contribution < 1.29 is 9.18 Å². The first kappa shape index (κ1) is 14.3. The number of nitrogens with one attached hydrogen (secondary N) is 1. The summed E-state index contributed by atoms with van der Waals surface area (Å²) in [6, 6.07) is 7.98. The quantitative estimate of drug-likeness (QED) is 0.792. The van der Waals surface area contributed by atoms with E-state index in [1.54, 1.807) is 6.20 Å². The number of aryl methyl sites for hydroxylation is 1. The zero-order valence-corrected chi connectivity index (χ0v) is 13.2. The Kier molecular flexibility index (Phi) is 3.34. The number of nitrogens with zero attached hydrogens (tertiary/aromatic N) is 2. The number of rotatable bonds is 3. The molecule has 1 saturated carbocycles. The van der Waals surface area contributed by atoms with E-state index in [1.165, 1.54) is 11.3 Å². The largest absolute Gasteiger partial charge is 0.302 e. The van der Waals surface area contributed by atoms with Crippen molar-refractivity contribution in [1.29, 1.82) is 0 Å². The zero-order valence-electron chi connectivity index (χ0n) is 12.4. The molecule has 6 heteroatoms. The van der Waals surface area contributed by atoms with Gasteiger partial charge in [0.1, 0.15) is 6.17 Å². The molecule has 3 aromatic rings. The second kappa shape index (κ2) is 5.38. The van der Waals surface area contributed by atoms with Gasteiger partial charge in [0.25, 0.3) is 0 Å². The van der Waals surface area contributed by atoms with Crippen LogP contribution in [-0.4, -0.2) is 22.0 Å². The molecule has 1 aromatic carbocycles. The molecule has 0 bridgehead atoms. The van der Waals surface area contributed by atoms with Crippen molar-refractivity contribution in [2.24, 2.45) is 5.92 Å². The van der Waals surface area contributed by atoms with Crippen LogP contribution in [0.5, 0.6) is 0 Å². The van der Waals surface area contributed by atoms with Crippen molar-refractivity contribution in [3.05, 3.63) is 42.2 Å². The number of halogens is 1. The lowest BCUT2D eigenvalue weighted by Gasteiger charge is -2.04. The van der Waals surface area contributed by atoms with Crippen molar-refractivity contribution in [1.82, 2.24) is 9.97 Å². The molecule has 2 heterocycles. The van der Waals surface area contributed by atoms with Crippen LogP contribution in [0.1, 0.15) is 12.0 Å². The lowest BCUT2D eigenvalue weighted by Crippen LogP contribution is -2.14. The number of amides is 1. The fourth-order valence-electron chi connectivity index (χ4n) is 2.58. The van der Waals surface area contributed by atoms with Gasteiger partial charge < -0.3 is 5.32 Å². The summed E-state index contributed by atoms with van der Waals surface area (Å²) in [5.74, 6) is -0.779. The van der Waals surface area contributed by atoms with Gasteiger partial charge in [-0.25, -0.2) is 9.37 Å². The van der Waals surface area contributed by atoms with Crippen LogP contribution in [-0.2, 0) is 4.79 Å². The summed E-state index contributed by atoms with van der Waals surface area (Å²) in [5, 5.41) is 3.23. The van der Waals surface area contributed by atoms with Crippen LogP contribution in [0.15, 0.2) is 36.7 Å². The highest BCUT2D eigenvalue weighted by Crippen LogP contribution is 2.36. The molecule has 116 valence electrons. The van der Waals surface area contributed by atoms with Crippen LogP contribution in [0.4, 0.5) is 9.52 Å². The molecular formula is C17H14FN3OS. The van der Waals surface area contributed by atoms with E-state index in [9.17, 15) is 9.18 Å². The van der Waals surface area contributed by atoms with Gasteiger partial charge in [-0.3, -0.25) is 9.78 Å². The van der Waals surface area contributed by atoms with Gasteiger partial charge in [0.2, 0.25) is 5.91 Å². The van der Waals surface area contributed by atoms with Crippen molar-refractivity contribution in [3.63, 3.8) is 0 Å². The van der Waals surface area contributed by atoms with Crippen molar-refractivity contribution in [2.45, 2.75) is 19.5 Å². The van der Waals surface area contributed by atoms with Gasteiger partial charge in [0.15, 0.2) is 5.13 Å². The topological polar surface area (TPSA) is 54.9 Å². The summed E-state index contributed by atoms with van der Waals surface area (Å²) in [6.07, 6.45) is 2.93. The monoisotopic (exact) mass is 327 g/mol. The second-order valence-corrected chi connectivity index (χ2v) is 6.77. The van der Waals surface area contributed by atoms with E-state index < -0.39 is 12.1 Å². The molecule has 1 aliphatic rings. The minimum Gasteiger partial charge on any atom is -0.302 e. The first-order valence-corrected chi connectivity index (χ1v) is 8.20. The minimum atomic E-state index is -0.995. The predicted octanol–water partition coefficient (Wildman–Crippen LogP) is 3.96. The second-order valence-electron chi connectivity index (χ2n) is 5.74. The maximum atomic E-state index is 12.9. The smallest absolute Gasteiger partial charge is 0.232 e. The average molecular weight is 327 g/mol. The number of hydrogen-bond donors (Lipinski definition) is 1. The summed E-state index contributed by atoms with van der Waals surface area (Å²) in [7, 11) is 0. The number of alkyl halides is 1. The Bertz CT molecular complexity index is 908. The molecule has 0 saturated heterocycles. The third-order valence-corrected chi connectivity index (χ3v) is 4.93. The molecule has 1 amide bonds. The Morgan fingerprint density at radius 2 is 2.22 bits per heavy atom. The fourth-order valence-corrected chi connectivity index (χ4v) is 3.48. The molecule has 2 unspecified atom stereocenters. The van der Waals surface area contributed by atoms with E-state index in [0.717, 1.165) is 26.9 Å². The number of fused-ring (bicyclic) bond motifs is 1. The molecular weight excluding hydrogens is 313 g/mol. The van der Waals surface area contributed by atoms with Gasteiger partial charge >= 0.3 is 0 Å². The maximum absolute atomic E-state index is 12.9. The van der Waals surface area contributed by atoms with Gasteiger partial charge in [0, 0.05) is 12.4 Å². The van der Waals surface area contributed by atoms with E-state index in [2.05, 4.69) is 21.4 Å². The number of carbonyl (C=O) groups is 1. The van der Waals surface area contributed by atoms with Crippen LogP contribution in [0.2, 0.25) is 0 Å². The van der Waals surface area contributed by atoms with Crippen molar-refractivity contribution in [3.8, 4) is 11.1 Å². The Morgan fingerprint density at radius 1 is 1.39 bits per heavy atom. The third-order valence-electron chi connectivity index (χ3n) is 4.00. The number of hydrogen-bond acceptors (Lipinski definition) is 4. The molecule has 4 rings (SSSR count). The highest BCUT2D eigenvalue weighted by molar-refractivity contribution is 7.22. The summed E-state index contributed by atoms with van der Waals surface area (Å²) in [4.78, 5) is 20.3. The Balaban J connectivity index is 1.64. The van der Waals surface area contributed by atoms with E-state index in [4.69, 9.17) is 0 Å². The van der Waals surface area contributed by atoms with E-state index in [-0.39, 0.29) is 5.91 Å². The Morgan fingerprint density at radius 3 is 2.96 bits per heavy atom. The van der Waals surface area contributed by atoms with Gasteiger partial charge in [0.05, 0.1) is 16.1 Å². The molecule has 0 spiro atoms. The number of carbonyl (C=O) groups excluding carboxylic acids is 1. The normalized spacial score (nSPS) is 19.7. The van der Waals surface area contributed by atoms with Crippen molar-refractivity contribution in [2.75, 3.05) is 5.32 Å². The van der Waals surface area contributed by atoms with Crippen LogP contribution in [0.3, 0.4) is 0 Å². The SMILES string of the molecule is Cc1cnccc1-c1ccc2nc(NC(=O)C3CC3F)sc2c1. The molecule has 1 fully saturated rings. The highest BCUT2D eigenvalue weighted by Gasteiger charge is 2.43. The summed E-state index contributed by atoms with van der Waals surface area (Å²) in [6.45, 7) is 2.02. The molecule has 0 aliphatic heterocycles.